The number of nitrogens with zero attached hydrogens (tertiary/aromatic N) is 4. The van der Waals surface area contributed by atoms with Gasteiger partial charge in [0.1, 0.15) is 5.75 Å². The van der Waals surface area contributed by atoms with Crippen molar-refractivity contribution in [3.8, 4) is 5.75 Å². The second-order valence-electron chi connectivity index (χ2n) is 6.77. The first kappa shape index (κ1) is 18.7. The van der Waals surface area contributed by atoms with Crippen LogP contribution in [0.4, 0.5) is 17.3 Å². The van der Waals surface area contributed by atoms with Crippen LogP contribution in [-0.4, -0.2) is 54.1 Å². The van der Waals surface area contributed by atoms with Crippen molar-refractivity contribution in [3.05, 3.63) is 72.6 Å². The van der Waals surface area contributed by atoms with Gasteiger partial charge in [0.2, 0.25) is 5.95 Å². The number of carbonyl (C=O) groups excluding carboxylic acids is 1. The predicted molar refractivity (Wildman–Crippen MR) is 113 cm³/mol. The predicted octanol–water partition coefficient (Wildman–Crippen LogP) is 3.19. The van der Waals surface area contributed by atoms with Crippen LogP contribution in [0.15, 0.2) is 67.0 Å². The number of aromatic nitrogens is 2. The number of amides is 1. The molecule has 0 unspecified atom stereocenters. The van der Waals surface area contributed by atoms with Crippen LogP contribution in [0, 0.1) is 0 Å². The molecule has 1 aliphatic rings. The van der Waals surface area contributed by atoms with Gasteiger partial charge in [-0.15, -0.1) is 0 Å². The molecule has 4 rings (SSSR count). The zero-order valence-corrected chi connectivity index (χ0v) is 16.3. The van der Waals surface area contributed by atoms with E-state index in [2.05, 4.69) is 32.3 Å². The Morgan fingerprint density at radius 1 is 0.966 bits per heavy atom. The van der Waals surface area contributed by atoms with Crippen LogP contribution in [0.25, 0.3) is 0 Å². The lowest BCUT2D eigenvalue weighted by molar-refractivity contribution is 0.0746. The van der Waals surface area contributed by atoms with Crippen LogP contribution >= 0.6 is 0 Å². The largest absolute Gasteiger partial charge is 0.497 e. The number of rotatable bonds is 5. The molecule has 1 aromatic heterocycles. The second kappa shape index (κ2) is 8.60. The van der Waals surface area contributed by atoms with Crippen molar-refractivity contribution in [1.82, 2.24) is 14.9 Å². The number of benzene rings is 2. The quantitative estimate of drug-likeness (QED) is 0.723. The Hall–Kier alpha value is -3.61. The van der Waals surface area contributed by atoms with Gasteiger partial charge in [-0.25, -0.2) is 9.97 Å². The van der Waals surface area contributed by atoms with Crippen LogP contribution in [0.1, 0.15) is 10.4 Å². The number of ether oxygens (including phenoxy) is 1. The SMILES string of the molecule is COc1cccc(Nc2ncc(C(=O)N3CCN(c4ccccc4)CC3)cn2)c1. The van der Waals surface area contributed by atoms with Gasteiger partial charge in [0.25, 0.3) is 5.91 Å². The first-order valence-electron chi connectivity index (χ1n) is 9.55. The fourth-order valence-electron chi connectivity index (χ4n) is 3.32. The Morgan fingerprint density at radius 3 is 2.38 bits per heavy atom. The van der Waals surface area contributed by atoms with Crippen molar-refractivity contribution in [2.24, 2.45) is 0 Å². The van der Waals surface area contributed by atoms with E-state index in [1.165, 1.54) is 5.69 Å². The summed E-state index contributed by atoms with van der Waals surface area (Å²) in [5, 5.41) is 3.11. The Labute approximate surface area is 170 Å². The maximum atomic E-state index is 12.8. The molecule has 0 aliphatic carbocycles. The number of anilines is 3. The zero-order chi connectivity index (χ0) is 20.1. The van der Waals surface area contributed by atoms with E-state index in [1.807, 2.05) is 47.4 Å². The molecule has 148 valence electrons. The number of para-hydroxylation sites is 1. The van der Waals surface area contributed by atoms with E-state index in [1.54, 1.807) is 19.5 Å². The topological polar surface area (TPSA) is 70.6 Å². The van der Waals surface area contributed by atoms with Crippen LogP contribution in [-0.2, 0) is 0 Å². The molecule has 7 heteroatoms. The molecule has 29 heavy (non-hydrogen) atoms. The molecule has 1 aliphatic heterocycles. The van der Waals surface area contributed by atoms with Crippen molar-refractivity contribution in [1.29, 1.82) is 0 Å². The highest BCUT2D eigenvalue weighted by Crippen LogP contribution is 2.20. The molecule has 3 aromatic rings. The number of hydrogen-bond acceptors (Lipinski definition) is 6. The van der Waals surface area contributed by atoms with E-state index >= 15 is 0 Å². The Morgan fingerprint density at radius 2 is 1.69 bits per heavy atom. The fourth-order valence-corrected chi connectivity index (χ4v) is 3.32. The van der Waals surface area contributed by atoms with Crippen molar-refractivity contribution >= 4 is 23.2 Å². The lowest BCUT2D eigenvalue weighted by Gasteiger charge is -2.36. The summed E-state index contributed by atoms with van der Waals surface area (Å²) in [6.45, 7) is 2.98. The number of piperazine rings is 1. The van der Waals surface area contributed by atoms with Crippen molar-refractivity contribution in [3.63, 3.8) is 0 Å². The first-order chi connectivity index (χ1) is 14.2. The van der Waals surface area contributed by atoms with E-state index in [4.69, 9.17) is 4.74 Å². The van der Waals surface area contributed by atoms with Gasteiger partial charge in [0.15, 0.2) is 0 Å². The number of nitrogens with one attached hydrogen (secondary N) is 1. The normalized spacial score (nSPS) is 13.8. The highest BCUT2D eigenvalue weighted by molar-refractivity contribution is 5.94. The molecular weight excluding hydrogens is 366 g/mol. The number of hydrogen-bond donors (Lipinski definition) is 1. The third kappa shape index (κ3) is 4.45. The Balaban J connectivity index is 1.36. The highest BCUT2D eigenvalue weighted by Gasteiger charge is 2.22. The van der Waals surface area contributed by atoms with E-state index in [0.29, 0.717) is 24.6 Å². The maximum absolute atomic E-state index is 12.8. The summed E-state index contributed by atoms with van der Waals surface area (Å²) < 4.78 is 5.21. The van der Waals surface area contributed by atoms with Gasteiger partial charge >= 0.3 is 0 Å². The van der Waals surface area contributed by atoms with Gasteiger partial charge in [0.05, 0.1) is 12.7 Å². The average molecular weight is 389 g/mol. The van der Waals surface area contributed by atoms with Gasteiger partial charge in [-0.2, -0.15) is 0 Å². The number of methoxy groups -OCH3 is 1. The minimum Gasteiger partial charge on any atom is -0.497 e. The molecular formula is C22H23N5O2. The van der Waals surface area contributed by atoms with Crippen molar-refractivity contribution in [2.75, 3.05) is 43.5 Å². The zero-order valence-electron chi connectivity index (χ0n) is 16.3. The van der Waals surface area contributed by atoms with E-state index in [-0.39, 0.29) is 5.91 Å². The molecule has 0 saturated carbocycles. The lowest BCUT2D eigenvalue weighted by atomic mass is 10.2. The third-order valence-electron chi connectivity index (χ3n) is 4.91. The summed E-state index contributed by atoms with van der Waals surface area (Å²) in [7, 11) is 1.62. The van der Waals surface area contributed by atoms with Crippen LogP contribution in [0.5, 0.6) is 5.75 Å². The molecule has 0 bridgehead atoms. The highest BCUT2D eigenvalue weighted by atomic mass is 16.5. The molecule has 1 fully saturated rings. The molecule has 0 radical (unpaired) electrons. The summed E-state index contributed by atoms with van der Waals surface area (Å²) in [4.78, 5) is 25.5. The summed E-state index contributed by atoms with van der Waals surface area (Å²) in [6.07, 6.45) is 3.14. The first-order valence-corrected chi connectivity index (χ1v) is 9.55. The molecule has 0 atom stereocenters. The van der Waals surface area contributed by atoms with Crippen LogP contribution in [0.2, 0.25) is 0 Å². The van der Waals surface area contributed by atoms with Crippen LogP contribution in [0.3, 0.4) is 0 Å². The van der Waals surface area contributed by atoms with Gasteiger partial charge in [-0.05, 0) is 24.3 Å². The van der Waals surface area contributed by atoms with E-state index < -0.39 is 0 Å². The smallest absolute Gasteiger partial charge is 0.257 e. The Bertz CT molecular complexity index is 954. The van der Waals surface area contributed by atoms with Gasteiger partial charge in [0, 0.05) is 56.0 Å². The standard InChI is InChI=1S/C22H23N5O2/c1-29-20-9-5-6-18(14-20)25-22-23-15-17(16-24-22)21(28)27-12-10-26(11-13-27)19-7-3-2-4-8-19/h2-9,14-16H,10-13H2,1H3,(H,23,24,25). The molecule has 1 N–H and O–H groups in total. The van der Waals surface area contributed by atoms with E-state index in [0.717, 1.165) is 24.5 Å². The monoisotopic (exact) mass is 389 g/mol. The molecule has 1 amide bonds. The second-order valence-corrected chi connectivity index (χ2v) is 6.77. The van der Waals surface area contributed by atoms with Gasteiger partial charge < -0.3 is 19.9 Å². The minimum atomic E-state index is -0.0364. The minimum absolute atomic E-state index is 0.0364. The Kier molecular flexibility index (Phi) is 5.56. The summed E-state index contributed by atoms with van der Waals surface area (Å²) in [5.74, 6) is 1.14. The van der Waals surface area contributed by atoms with Crippen molar-refractivity contribution in [2.45, 2.75) is 0 Å². The van der Waals surface area contributed by atoms with Gasteiger partial charge in [-0.1, -0.05) is 24.3 Å². The molecule has 0 spiro atoms. The molecule has 1 saturated heterocycles. The maximum Gasteiger partial charge on any atom is 0.257 e. The lowest BCUT2D eigenvalue weighted by Crippen LogP contribution is -2.48. The summed E-state index contributed by atoms with van der Waals surface area (Å²) in [5.41, 5.74) is 2.51. The third-order valence-corrected chi connectivity index (χ3v) is 4.91. The molecule has 2 aromatic carbocycles. The average Bonchev–Trinajstić information content (AvgIpc) is 2.80. The van der Waals surface area contributed by atoms with E-state index in [9.17, 15) is 4.79 Å². The number of carbonyl (C=O) groups is 1. The van der Waals surface area contributed by atoms with Gasteiger partial charge in [-0.3, -0.25) is 4.79 Å². The molecule has 2 heterocycles. The van der Waals surface area contributed by atoms with Crippen LogP contribution < -0.4 is 15.0 Å². The van der Waals surface area contributed by atoms with Crippen molar-refractivity contribution < 1.29 is 9.53 Å². The summed E-state index contributed by atoms with van der Waals surface area (Å²) in [6, 6.07) is 17.8. The molecule has 7 nitrogen and oxygen atoms in total. The summed E-state index contributed by atoms with van der Waals surface area (Å²) >= 11 is 0. The fraction of sp³-hybridized carbons (Fsp3) is 0.227.